The Morgan fingerprint density at radius 3 is 2.88 bits per heavy atom. The normalized spacial score (nSPS) is 12.5. The van der Waals surface area contributed by atoms with Gasteiger partial charge in [-0.2, -0.15) is 0 Å². The van der Waals surface area contributed by atoms with Crippen LogP contribution >= 0.6 is 11.6 Å². The summed E-state index contributed by atoms with van der Waals surface area (Å²) in [7, 11) is 3.32. The van der Waals surface area contributed by atoms with Crippen LogP contribution in [0.5, 0.6) is 5.75 Å². The second-order valence-corrected chi connectivity index (χ2v) is 4.36. The molecule has 0 aliphatic carbocycles. The van der Waals surface area contributed by atoms with E-state index in [9.17, 15) is 4.79 Å². The van der Waals surface area contributed by atoms with Crippen LogP contribution in [0.4, 0.5) is 0 Å². The molecule has 1 rings (SSSR count). The molecule has 5 heteroatoms. The first-order chi connectivity index (χ1) is 8.02. The molecule has 0 aliphatic heterocycles. The minimum absolute atomic E-state index is 0.0206. The van der Waals surface area contributed by atoms with Crippen LogP contribution in [-0.4, -0.2) is 43.2 Å². The highest BCUT2D eigenvalue weighted by Crippen LogP contribution is 2.24. The average Bonchev–Trinajstić information content (AvgIpc) is 2.27. The van der Waals surface area contributed by atoms with Gasteiger partial charge in [-0.05, 0) is 24.7 Å². The number of alkyl halides is 1. The number of hydrogen-bond acceptors (Lipinski definition) is 3. The quantitative estimate of drug-likeness (QED) is 0.792. The standard InChI is InChI=1S/C12H16ClNO3/c1-14(8-12(15)16)7-11(13)9-4-3-5-10(6-9)17-2/h3-6,11H,7-8H2,1-2H3,(H,15,16). The van der Waals surface area contributed by atoms with Crippen LogP contribution in [0.3, 0.4) is 0 Å². The summed E-state index contributed by atoms with van der Waals surface area (Å²) in [6, 6.07) is 7.45. The van der Waals surface area contributed by atoms with Gasteiger partial charge in [-0.1, -0.05) is 12.1 Å². The second-order valence-electron chi connectivity index (χ2n) is 3.83. The largest absolute Gasteiger partial charge is 0.497 e. The van der Waals surface area contributed by atoms with Gasteiger partial charge in [-0.25, -0.2) is 0 Å². The SMILES string of the molecule is COc1cccc(C(Cl)CN(C)CC(=O)O)c1. The van der Waals surface area contributed by atoms with Crippen LogP contribution < -0.4 is 4.74 Å². The first-order valence-electron chi connectivity index (χ1n) is 5.21. The van der Waals surface area contributed by atoms with Gasteiger partial charge >= 0.3 is 5.97 Å². The average molecular weight is 258 g/mol. The van der Waals surface area contributed by atoms with E-state index in [2.05, 4.69) is 0 Å². The maximum atomic E-state index is 10.5. The minimum atomic E-state index is -0.859. The molecule has 0 spiro atoms. The minimum Gasteiger partial charge on any atom is -0.497 e. The molecule has 0 amide bonds. The maximum Gasteiger partial charge on any atom is 0.317 e. The summed E-state index contributed by atoms with van der Waals surface area (Å²) >= 11 is 6.22. The van der Waals surface area contributed by atoms with Gasteiger partial charge in [-0.15, -0.1) is 11.6 Å². The fraction of sp³-hybridized carbons (Fsp3) is 0.417. The molecule has 4 nitrogen and oxygen atoms in total. The molecule has 17 heavy (non-hydrogen) atoms. The van der Waals surface area contributed by atoms with Gasteiger partial charge in [0.15, 0.2) is 0 Å². The van der Waals surface area contributed by atoms with Gasteiger partial charge in [0.1, 0.15) is 5.75 Å². The van der Waals surface area contributed by atoms with Crippen LogP contribution in [-0.2, 0) is 4.79 Å². The lowest BCUT2D eigenvalue weighted by atomic mass is 10.1. The zero-order valence-electron chi connectivity index (χ0n) is 9.89. The van der Waals surface area contributed by atoms with Crippen molar-refractivity contribution in [2.45, 2.75) is 5.38 Å². The molecule has 1 N–H and O–H groups in total. The van der Waals surface area contributed by atoms with E-state index in [0.717, 1.165) is 11.3 Å². The van der Waals surface area contributed by atoms with E-state index in [-0.39, 0.29) is 11.9 Å². The van der Waals surface area contributed by atoms with Crippen LogP contribution in [0.15, 0.2) is 24.3 Å². The van der Waals surface area contributed by atoms with E-state index >= 15 is 0 Å². The Labute approximate surface area is 106 Å². The summed E-state index contributed by atoms with van der Waals surface area (Å²) < 4.78 is 5.11. The molecular formula is C12H16ClNO3. The summed E-state index contributed by atoms with van der Waals surface area (Å²) in [5.74, 6) is -0.115. The Hall–Kier alpha value is -1.26. The zero-order valence-corrected chi connectivity index (χ0v) is 10.6. The smallest absolute Gasteiger partial charge is 0.317 e. The summed E-state index contributed by atoms with van der Waals surface area (Å²) in [5.41, 5.74) is 0.920. The predicted molar refractivity (Wildman–Crippen MR) is 66.7 cm³/mol. The third-order valence-electron chi connectivity index (χ3n) is 2.33. The van der Waals surface area contributed by atoms with Crippen molar-refractivity contribution in [3.63, 3.8) is 0 Å². The Bertz CT molecular complexity index is 384. The van der Waals surface area contributed by atoms with Gasteiger partial charge < -0.3 is 9.84 Å². The molecule has 1 aromatic rings. The topological polar surface area (TPSA) is 49.8 Å². The molecular weight excluding hydrogens is 242 g/mol. The third-order valence-corrected chi connectivity index (χ3v) is 2.72. The molecule has 1 atom stereocenters. The molecule has 0 fully saturated rings. The fourth-order valence-electron chi connectivity index (χ4n) is 1.51. The van der Waals surface area contributed by atoms with Gasteiger partial charge in [0.25, 0.3) is 0 Å². The van der Waals surface area contributed by atoms with Crippen molar-refractivity contribution in [2.24, 2.45) is 0 Å². The summed E-state index contributed by atoms with van der Waals surface area (Å²) in [6.45, 7) is 0.453. The number of likely N-dealkylation sites (N-methyl/N-ethyl adjacent to an activating group) is 1. The first-order valence-corrected chi connectivity index (χ1v) is 5.65. The number of aliphatic carboxylic acids is 1. The molecule has 1 aromatic carbocycles. The van der Waals surface area contributed by atoms with Crippen molar-refractivity contribution in [3.05, 3.63) is 29.8 Å². The fourth-order valence-corrected chi connectivity index (χ4v) is 1.88. The van der Waals surface area contributed by atoms with Crippen molar-refractivity contribution in [3.8, 4) is 5.75 Å². The molecule has 0 heterocycles. The highest BCUT2D eigenvalue weighted by molar-refractivity contribution is 6.21. The van der Waals surface area contributed by atoms with E-state index in [4.69, 9.17) is 21.4 Å². The van der Waals surface area contributed by atoms with Gasteiger partial charge in [0.2, 0.25) is 0 Å². The number of nitrogens with zero attached hydrogens (tertiary/aromatic N) is 1. The van der Waals surface area contributed by atoms with Crippen LogP contribution in [0.25, 0.3) is 0 Å². The third kappa shape index (κ3) is 4.63. The van der Waals surface area contributed by atoms with E-state index < -0.39 is 5.97 Å². The number of hydrogen-bond donors (Lipinski definition) is 1. The van der Waals surface area contributed by atoms with Gasteiger partial charge in [0, 0.05) is 6.54 Å². The van der Waals surface area contributed by atoms with Crippen molar-refractivity contribution < 1.29 is 14.6 Å². The summed E-state index contributed by atoms with van der Waals surface area (Å²) in [4.78, 5) is 12.2. The zero-order chi connectivity index (χ0) is 12.8. The first kappa shape index (κ1) is 13.8. The Kier molecular flexibility index (Phi) is 5.25. The number of ether oxygens (including phenoxy) is 1. The number of carboxylic acid groups (broad SMARTS) is 1. The van der Waals surface area contributed by atoms with Crippen molar-refractivity contribution >= 4 is 17.6 Å². The summed E-state index contributed by atoms with van der Waals surface area (Å²) in [5, 5.41) is 8.39. The highest BCUT2D eigenvalue weighted by atomic mass is 35.5. The second kappa shape index (κ2) is 6.47. The molecule has 0 aromatic heterocycles. The van der Waals surface area contributed by atoms with Crippen LogP contribution in [0.1, 0.15) is 10.9 Å². The number of methoxy groups -OCH3 is 1. The highest BCUT2D eigenvalue weighted by Gasteiger charge is 2.13. The number of rotatable bonds is 6. The molecule has 1 unspecified atom stereocenters. The lowest BCUT2D eigenvalue weighted by Gasteiger charge is -2.18. The molecule has 0 saturated heterocycles. The van der Waals surface area contributed by atoms with Crippen molar-refractivity contribution in [2.75, 3.05) is 27.2 Å². The maximum absolute atomic E-state index is 10.5. The van der Waals surface area contributed by atoms with E-state index in [1.807, 2.05) is 24.3 Å². The van der Waals surface area contributed by atoms with E-state index in [1.165, 1.54) is 0 Å². The molecule has 0 saturated carbocycles. The van der Waals surface area contributed by atoms with Gasteiger partial charge in [-0.3, -0.25) is 9.69 Å². The van der Waals surface area contributed by atoms with Gasteiger partial charge in [0.05, 0.1) is 19.0 Å². The molecule has 0 radical (unpaired) electrons. The molecule has 94 valence electrons. The lowest BCUT2D eigenvalue weighted by Crippen LogP contribution is -2.28. The Balaban J connectivity index is 2.62. The monoisotopic (exact) mass is 257 g/mol. The predicted octanol–water partition coefficient (Wildman–Crippen LogP) is 1.99. The number of benzene rings is 1. The number of carbonyl (C=O) groups is 1. The Morgan fingerprint density at radius 2 is 2.29 bits per heavy atom. The van der Waals surface area contributed by atoms with Crippen LogP contribution in [0.2, 0.25) is 0 Å². The summed E-state index contributed by atoms with van der Waals surface area (Å²) in [6.07, 6.45) is 0. The lowest BCUT2D eigenvalue weighted by molar-refractivity contribution is -0.137. The Morgan fingerprint density at radius 1 is 1.59 bits per heavy atom. The number of carboxylic acids is 1. The van der Waals surface area contributed by atoms with Crippen molar-refractivity contribution in [1.29, 1.82) is 0 Å². The van der Waals surface area contributed by atoms with E-state index in [1.54, 1.807) is 19.1 Å². The molecule has 0 aliphatic rings. The number of halogens is 1. The van der Waals surface area contributed by atoms with Crippen molar-refractivity contribution in [1.82, 2.24) is 4.90 Å². The molecule has 0 bridgehead atoms. The van der Waals surface area contributed by atoms with Crippen LogP contribution in [0, 0.1) is 0 Å². The van der Waals surface area contributed by atoms with E-state index in [0.29, 0.717) is 6.54 Å².